The molecule has 1 fully saturated rings. The van der Waals surface area contributed by atoms with E-state index in [4.69, 9.17) is 0 Å². The third-order valence-electron chi connectivity index (χ3n) is 6.23. The molecule has 34 heavy (non-hydrogen) atoms. The zero-order valence-corrected chi connectivity index (χ0v) is 18.7. The first-order valence-electron chi connectivity index (χ1n) is 10.8. The SMILES string of the molecule is Cc1c(C(=O)N[C@@H]2CN(c3ccc4nccn4n3)C[C@H]2C#CO)c(=O)n(-c2ccccc2)n1C. The van der Waals surface area contributed by atoms with Crippen molar-refractivity contribution in [2.24, 2.45) is 13.0 Å². The number of carbonyl (C=O) groups excluding carboxylic acids is 1. The van der Waals surface area contributed by atoms with Crippen molar-refractivity contribution in [3.63, 3.8) is 0 Å². The van der Waals surface area contributed by atoms with Gasteiger partial charge in [-0.05, 0) is 31.2 Å². The van der Waals surface area contributed by atoms with E-state index in [0.29, 0.717) is 30.3 Å². The van der Waals surface area contributed by atoms with Crippen molar-refractivity contribution in [2.75, 3.05) is 18.0 Å². The van der Waals surface area contributed by atoms with Gasteiger partial charge in [-0.2, -0.15) is 0 Å². The quantitative estimate of drug-likeness (QED) is 0.444. The summed E-state index contributed by atoms with van der Waals surface area (Å²) in [6, 6.07) is 12.5. The molecule has 0 bridgehead atoms. The molecule has 0 spiro atoms. The first-order chi connectivity index (χ1) is 16.5. The highest BCUT2D eigenvalue weighted by atomic mass is 16.2. The molecule has 1 saturated heterocycles. The van der Waals surface area contributed by atoms with Crippen molar-refractivity contribution in [1.29, 1.82) is 0 Å². The third-order valence-corrected chi connectivity index (χ3v) is 6.23. The Labute approximate surface area is 195 Å². The van der Waals surface area contributed by atoms with Gasteiger partial charge in [0, 0.05) is 32.5 Å². The van der Waals surface area contributed by atoms with Gasteiger partial charge < -0.3 is 15.3 Å². The minimum Gasteiger partial charge on any atom is -0.462 e. The fourth-order valence-corrected chi connectivity index (χ4v) is 4.41. The zero-order chi connectivity index (χ0) is 23.8. The summed E-state index contributed by atoms with van der Waals surface area (Å²) in [5.74, 6) is 2.66. The number of aromatic nitrogens is 5. The number of benzene rings is 1. The van der Waals surface area contributed by atoms with Crippen LogP contribution in [0.25, 0.3) is 11.3 Å². The van der Waals surface area contributed by atoms with Crippen LogP contribution in [0.5, 0.6) is 0 Å². The van der Waals surface area contributed by atoms with Crippen LogP contribution in [0.4, 0.5) is 5.82 Å². The Hall–Kier alpha value is -4.52. The van der Waals surface area contributed by atoms with Crippen molar-refractivity contribution in [2.45, 2.75) is 13.0 Å². The van der Waals surface area contributed by atoms with E-state index in [9.17, 15) is 14.7 Å². The van der Waals surface area contributed by atoms with Crippen LogP contribution in [0.2, 0.25) is 0 Å². The maximum atomic E-state index is 13.3. The Bertz CT molecular complexity index is 1490. The molecule has 1 aromatic carbocycles. The minimum atomic E-state index is -0.470. The summed E-state index contributed by atoms with van der Waals surface area (Å²) in [4.78, 5) is 32.7. The molecular weight excluding hydrogens is 434 g/mol. The van der Waals surface area contributed by atoms with Gasteiger partial charge in [0.15, 0.2) is 5.65 Å². The fourth-order valence-electron chi connectivity index (χ4n) is 4.41. The van der Waals surface area contributed by atoms with Gasteiger partial charge in [0.1, 0.15) is 17.5 Å². The lowest BCUT2D eigenvalue weighted by Gasteiger charge is -2.17. The summed E-state index contributed by atoms with van der Waals surface area (Å²) in [6.07, 6.45) is 5.40. The minimum absolute atomic E-state index is 0.0819. The molecule has 4 heterocycles. The number of para-hydroxylation sites is 1. The lowest BCUT2D eigenvalue weighted by molar-refractivity contribution is 0.0934. The topological polar surface area (TPSA) is 110 Å². The van der Waals surface area contributed by atoms with E-state index < -0.39 is 17.5 Å². The molecule has 0 saturated carbocycles. The Morgan fingerprint density at radius 1 is 1.18 bits per heavy atom. The molecule has 4 aromatic rings. The molecule has 1 amide bonds. The number of rotatable bonds is 4. The van der Waals surface area contributed by atoms with E-state index >= 15 is 0 Å². The number of aliphatic hydroxyl groups is 1. The second-order valence-electron chi connectivity index (χ2n) is 8.21. The van der Waals surface area contributed by atoms with Crippen LogP contribution in [0.15, 0.2) is 59.7 Å². The second-order valence-corrected chi connectivity index (χ2v) is 8.21. The first kappa shape index (κ1) is 21.3. The molecule has 2 atom stereocenters. The third kappa shape index (κ3) is 3.57. The number of amides is 1. The lowest BCUT2D eigenvalue weighted by Crippen LogP contribution is -2.42. The van der Waals surface area contributed by atoms with E-state index in [1.807, 2.05) is 53.5 Å². The predicted octanol–water partition coefficient (Wildman–Crippen LogP) is 1.10. The highest BCUT2D eigenvalue weighted by Gasteiger charge is 2.35. The van der Waals surface area contributed by atoms with Crippen LogP contribution < -0.4 is 15.8 Å². The maximum Gasteiger partial charge on any atom is 0.284 e. The second kappa shape index (κ2) is 8.44. The van der Waals surface area contributed by atoms with E-state index in [1.54, 1.807) is 35.6 Å². The van der Waals surface area contributed by atoms with Crippen molar-refractivity contribution in [1.82, 2.24) is 29.3 Å². The molecule has 5 rings (SSSR count). The number of nitrogens with zero attached hydrogens (tertiary/aromatic N) is 6. The number of fused-ring (bicyclic) bond motifs is 1. The van der Waals surface area contributed by atoms with Crippen molar-refractivity contribution < 1.29 is 9.90 Å². The Morgan fingerprint density at radius 3 is 2.74 bits per heavy atom. The summed E-state index contributed by atoms with van der Waals surface area (Å²) < 4.78 is 4.82. The normalized spacial score (nSPS) is 17.5. The average Bonchev–Trinajstić information content (AvgIpc) is 3.51. The lowest BCUT2D eigenvalue weighted by atomic mass is 10.0. The molecule has 2 N–H and O–H groups in total. The summed E-state index contributed by atoms with van der Waals surface area (Å²) >= 11 is 0. The molecule has 0 aliphatic carbocycles. The smallest absolute Gasteiger partial charge is 0.284 e. The van der Waals surface area contributed by atoms with Gasteiger partial charge >= 0.3 is 0 Å². The molecule has 10 heteroatoms. The number of aliphatic hydroxyl groups excluding tert-OH is 1. The summed E-state index contributed by atoms with van der Waals surface area (Å²) in [7, 11) is 1.75. The highest BCUT2D eigenvalue weighted by molar-refractivity contribution is 5.95. The molecule has 1 aliphatic heterocycles. The summed E-state index contributed by atoms with van der Waals surface area (Å²) in [6.45, 7) is 2.64. The van der Waals surface area contributed by atoms with Gasteiger partial charge in [0.25, 0.3) is 11.5 Å². The molecule has 1 aliphatic rings. The Kier molecular flexibility index (Phi) is 5.30. The van der Waals surface area contributed by atoms with Gasteiger partial charge in [-0.1, -0.05) is 24.1 Å². The first-order valence-corrected chi connectivity index (χ1v) is 10.8. The van der Waals surface area contributed by atoms with Gasteiger partial charge in [0.05, 0.1) is 23.3 Å². The average molecular weight is 457 g/mol. The van der Waals surface area contributed by atoms with Crippen LogP contribution in [0.3, 0.4) is 0 Å². The predicted molar refractivity (Wildman–Crippen MR) is 125 cm³/mol. The molecule has 3 aromatic heterocycles. The summed E-state index contributed by atoms with van der Waals surface area (Å²) in [5, 5.41) is 16.8. The zero-order valence-electron chi connectivity index (χ0n) is 18.7. The van der Waals surface area contributed by atoms with Crippen molar-refractivity contribution >= 4 is 17.4 Å². The van der Waals surface area contributed by atoms with Gasteiger partial charge in [0.2, 0.25) is 0 Å². The maximum absolute atomic E-state index is 13.3. The van der Waals surface area contributed by atoms with E-state index in [2.05, 4.69) is 21.3 Å². The number of hydrogen-bond donors (Lipinski definition) is 2. The van der Waals surface area contributed by atoms with E-state index in [1.165, 1.54) is 4.68 Å². The standard InChI is InChI=1S/C24H23N7O3/c1-16-22(24(34)31(28(16)2)18-6-4-3-5-7-18)23(33)26-19-15-29(14-17(19)10-13-32)21-9-8-20-25-11-12-30(20)27-21/h3-9,11-12,17,19,32H,14-15H2,1-2H3,(H,26,33)/t17-,19-/m1/s1. The van der Waals surface area contributed by atoms with Gasteiger partial charge in [-0.3, -0.25) is 14.3 Å². The summed E-state index contributed by atoms with van der Waals surface area (Å²) in [5.41, 5.74) is 1.65. The number of carbonyl (C=O) groups is 1. The molecule has 172 valence electrons. The monoisotopic (exact) mass is 457 g/mol. The van der Waals surface area contributed by atoms with Crippen LogP contribution >= 0.6 is 0 Å². The molecule has 0 unspecified atom stereocenters. The van der Waals surface area contributed by atoms with E-state index in [-0.39, 0.29) is 11.5 Å². The Balaban J connectivity index is 1.42. The highest BCUT2D eigenvalue weighted by Crippen LogP contribution is 2.23. The van der Waals surface area contributed by atoms with Crippen molar-refractivity contribution in [3.8, 4) is 17.7 Å². The van der Waals surface area contributed by atoms with Crippen LogP contribution in [0.1, 0.15) is 16.1 Å². The molecule has 0 radical (unpaired) electrons. The van der Waals surface area contributed by atoms with E-state index in [0.717, 1.165) is 5.65 Å². The number of hydrogen-bond acceptors (Lipinski definition) is 6. The van der Waals surface area contributed by atoms with Crippen LogP contribution in [-0.4, -0.2) is 54.1 Å². The number of anilines is 1. The van der Waals surface area contributed by atoms with Gasteiger partial charge in [-0.15, -0.1) is 5.10 Å². The molecule has 10 nitrogen and oxygen atoms in total. The fraction of sp³-hybridized carbons (Fsp3) is 0.250. The van der Waals surface area contributed by atoms with Crippen LogP contribution in [-0.2, 0) is 7.05 Å². The van der Waals surface area contributed by atoms with Crippen molar-refractivity contribution in [3.05, 3.63) is 76.5 Å². The Morgan fingerprint density at radius 2 is 1.97 bits per heavy atom. The number of imidazole rings is 1. The number of nitrogens with one attached hydrogen (secondary N) is 1. The molecular formula is C24H23N7O3. The van der Waals surface area contributed by atoms with Gasteiger partial charge in [-0.25, -0.2) is 14.2 Å². The largest absolute Gasteiger partial charge is 0.462 e. The van der Waals surface area contributed by atoms with Crippen LogP contribution in [0, 0.1) is 24.9 Å².